The molecule has 1 aromatic heterocycles. The minimum absolute atomic E-state index is 0.0978. The van der Waals surface area contributed by atoms with Crippen LogP contribution in [0.1, 0.15) is 43.7 Å². The molecule has 266 valence electrons. The molecule has 0 spiro atoms. The summed E-state index contributed by atoms with van der Waals surface area (Å²) in [4.78, 5) is 12.6. The summed E-state index contributed by atoms with van der Waals surface area (Å²) in [5, 5.41) is 19.3. The van der Waals surface area contributed by atoms with Gasteiger partial charge in [-0.05, 0) is 82.2 Å². The fourth-order valence-corrected chi connectivity index (χ4v) is 6.60. The van der Waals surface area contributed by atoms with Crippen molar-refractivity contribution in [3.8, 4) is 34.9 Å². The average Bonchev–Trinajstić information content (AvgIpc) is 3.48. The van der Waals surface area contributed by atoms with E-state index in [4.69, 9.17) is 49.0 Å². The number of nitriles is 2. The lowest BCUT2D eigenvalue weighted by molar-refractivity contribution is -0.149. The van der Waals surface area contributed by atoms with E-state index in [0.717, 1.165) is 4.57 Å². The summed E-state index contributed by atoms with van der Waals surface area (Å²) in [6.07, 6.45) is -4.02. The molecule has 1 unspecified atom stereocenters. The lowest BCUT2D eigenvalue weighted by atomic mass is 10.1. The van der Waals surface area contributed by atoms with Gasteiger partial charge in [0.05, 0.1) is 21.6 Å². The highest BCUT2D eigenvalue weighted by atomic mass is 79.9. The van der Waals surface area contributed by atoms with Crippen molar-refractivity contribution in [2.75, 3.05) is 6.61 Å². The summed E-state index contributed by atoms with van der Waals surface area (Å²) in [6.45, 7) is 5.48. The first kappa shape index (κ1) is 39.8. The highest BCUT2D eigenvalue weighted by Gasteiger charge is 2.62. The highest BCUT2D eigenvalue weighted by molar-refractivity contribution is 9.10. The largest absolute Gasteiger partial charge is 0.457 e. The number of alkyl halides is 3. The van der Waals surface area contributed by atoms with Crippen LogP contribution >= 0.6 is 50.7 Å². The predicted octanol–water partition coefficient (Wildman–Crippen LogP) is 11.6. The zero-order valence-electron chi connectivity index (χ0n) is 27.3. The first-order chi connectivity index (χ1) is 24.1. The standard InChI is InChI=1S/C22H19Cl2NO3.C15H11BrClF3N2O/c1-22(2)17(12-19(23)24)20(22)21(26)28-18(13-25)14-7-6-10-16(11-14)27-15-8-4-3-5-9-15;1-2-23-8-22-13(9-3-5-10(17)6-4-9)11(7-21)12(16)14(22)15(18,19)20/h3-12,17-18,20H,1-2H3;3-6H,2,8H2,1H3/t17-,18?,20+;/m1./s1. The Morgan fingerprint density at radius 2 is 1.69 bits per heavy atom. The summed E-state index contributed by atoms with van der Waals surface area (Å²) in [5.74, 6) is 0.289. The minimum atomic E-state index is -4.63. The number of carbonyl (C=O) groups is 1. The van der Waals surface area contributed by atoms with Crippen LogP contribution in [0.25, 0.3) is 11.3 Å². The van der Waals surface area contributed by atoms with Crippen LogP contribution in [-0.4, -0.2) is 17.1 Å². The van der Waals surface area contributed by atoms with Crippen LogP contribution in [-0.2, 0) is 27.2 Å². The zero-order chi connectivity index (χ0) is 37.5. The molecule has 1 aliphatic rings. The maximum absolute atomic E-state index is 13.4. The van der Waals surface area contributed by atoms with E-state index in [1.807, 2.05) is 56.3 Å². The van der Waals surface area contributed by atoms with Crippen molar-refractivity contribution in [1.29, 1.82) is 10.5 Å². The summed E-state index contributed by atoms with van der Waals surface area (Å²) >= 11 is 20.2. The summed E-state index contributed by atoms with van der Waals surface area (Å²) in [5.41, 5.74) is -0.236. The number of rotatable bonds is 10. The SMILES string of the molecule is CC1(C)[C@H](C=C(Cl)Cl)[C@H]1C(=O)OC(C#N)c1cccc(Oc2ccccc2)c1.CCOCn1c(-c2ccc(Cl)cc2)c(C#N)c(Br)c1C(F)(F)F. The third-order valence-electron chi connectivity index (χ3n) is 8.09. The molecule has 0 saturated heterocycles. The molecule has 1 heterocycles. The van der Waals surface area contributed by atoms with Crippen molar-refractivity contribution in [3.05, 3.63) is 116 Å². The summed E-state index contributed by atoms with van der Waals surface area (Å²) in [6, 6.07) is 26.4. The molecule has 0 radical (unpaired) electrons. The Morgan fingerprint density at radius 1 is 1.04 bits per heavy atom. The average molecular weight is 824 g/mol. The van der Waals surface area contributed by atoms with Gasteiger partial charge in [0.1, 0.15) is 40.6 Å². The Hall–Kier alpha value is -3.97. The maximum Gasteiger partial charge on any atom is 0.432 e. The normalized spacial score (nSPS) is 16.4. The molecule has 4 aromatic rings. The van der Waals surface area contributed by atoms with E-state index in [9.17, 15) is 28.5 Å². The molecule has 0 aliphatic heterocycles. The van der Waals surface area contributed by atoms with E-state index in [1.165, 1.54) is 0 Å². The summed E-state index contributed by atoms with van der Waals surface area (Å²) in [7, 11) is 0. The van der Waals surface area contributed by atoms with E-state index in [1.54, 1.807) is 61.5 Å². The van der Waals surface area contributed by atoms with Gasteiger partial charge in [0.2, 0.25) is 6.10 Å². The zero-order valence-corrected chi connectivity index (χ0v) is 31.2. The van der Waals surface area contributed by atoms with Crippen molar-refractivity contribution in [3.63, 3.8) is 0 Å². The molecule has 1 fully saturated rings. The highest BCUT2D eigenvalue weighted by Crippen LogP contribution is 2.60. The lowest BCUT2D eigenvalue weighted by Crippen LogP contribution is -2.16. The number of carbonyl (C=O) groups excluding carboxylic acids is 1. The van der Waals surface area contributed by atoms with E-state index >= 15 is 0 Å². The molecule has 3 aromatic carbocycles. The van der Waals surface area contributed by atoms with Gasteiger partial charge in [-0.2, -0.15) is 23.7 Å². The molecular weight excluding hydrogens is 794 g/mol. The summed E-state index contributed by atoms with van der Waals surface area (Å²) < 4.78 is 57.4. The van der Waals surface area contributed by atoms with Crippen LogP contribution in [0.15, 0.2) is 93.9 Å². The molecule has 7 nitrogen and oxygen atoms in total. The fraction of sp³-hybridized carbons (Fsp3) is 0.270. The molecule has 3 atom stereocenters. The number of aromatic nitrogens is 1. The van der Waals surface area contributed by atoms with E-state index in [0.29, 0.717) is 27.6 Å². The molecule has 0 N–H and O–H groups in total. The Balaban J connectivity index is 0.000000233. The second-order valence-electron chi connectivity index (χ2n) is 11.8. The van der Waals surface area contributed by atoms with Gasteiger partial charge in [0.25, 0.3) is 0 Å². The molecule has 5 rings (SSSR count). The Labute approximate surface area is 316 Å². The van der Waals surface area contributed by atoms with Gasteiger partial charge in [-0.25, -0.2) is 0 Å². The molecule has 1 saturated carbocycles. The predicted molar refractivity (Wildman–Crippen MR) is 192 cm³/mol. The number of halogens is 7. The van der Waals surface area contributed by atoms with Gasteiger partial charge in [-0.3, -0.25) is 4.79 Å². The molecule has 51 heavy (non-hydrogen) atoms. The third-order valence-corrected chi connectivity index (χ3v) is 9.36. The number of para-hydroxylation sites is 1. The van der Waals surface area contributed by atoms with Gasteiger partial charge < -0.3 is 18.8 Å². The smallest absolute Gasteiger partial charge is 0.432 e. The molecule has 14 heteroatoms. The number of hydrogen-bond donors (Lipinski definition) is 0. The van der Waals surface area contributed by atoms with Gasteiger partial charge in [0, 0.05) is 17.2 Å². The van der Waals surface area contributed by atoms with Crippen molar-refractivity contribution in [2.45, 2.75) is 39.8 Å². The maximum atomic E-state index is 13.4. The first-order valence-corrected chi connectivity index (χ1v) is 17.2. The number of benzene rings is 3. The number of ether oxygens (including phenoxy) is 3. The van der Waals surface area contributed by atoms with Gasteiger partial charge in [-0.1, -0.05) is 91.1 Å². The first-order valence-electron chi connectivity index (χ1n) is 15.3. The van der Waals surface area contributed by atoms with Gasteiger partial charge in [-0.15, -0.1) is 0 Å². The molecular formula is C37H30BrCl3F3N3O4. The second-order valence-corrected chi connectivity index (χ2v) is 14.0. The van der Waals surface area contributed by atoms with Crippen molar-refractivity contribution >= 4 is 56.7 Å². The van der Waals surface area contributed by atoms with Crippen molar-refractivity contribution in [1.82, 2.24) is 4.57 Å². The van der Waals surface area contributed by atoms with E-state index in [2.05, 4.69) is 15.9 Å². The van der Waals surface area contributed by atoms with Crippen LogP contribution in [0.2, 0.25) is 5.02 Å². The van der Waals surface area contributed by atoms with Crippen LogP contribution < -0.4 is 4.74 Å². The van der Waals surface area contributed by atoms with Crippen LogP contribution in [0.4, 0.5) is 13.2 Å². The Morgan fingerprint density at radius 3 is 2.25 bits per heavy atom. The minimum Gasteiger partial charge on any atom is -0.457 e. The second kappa shape index (κ2) is 17.0. The van der Waals surface area contributed by atoms with Crippen LogP contribution in [0.3, 0.4) is 0 Å². The van der Waals surface area contributed by atoms with Crippen LogP contribution in [0.5, 0.6) is 11.5 Å². The Kier molecular flexibility index (Phi) is 13.3. The molecule has 0 amide bonds. The van der Waals surface area contributed by atoms with Crippen molar-refractivity contribution < 1.29 is 32.2 Å². The van der Waals surface area contributed by atoms with Gasteiger partial charge in [0.15, 0.2) is 0 Å². The monoisotopic (exact) mass is 821 g/mol. The van der Waals surface area contributed by atoms with Crippen molar-refractivity contribution in [2.24, 2.45) is 17.3 Å². The van der Waals surface area contributed by atoms with E-state index < -0.39 is 23.9 Å². The Bertz CT molecular complexity index is 1970. The number of hydrogen-bond acceptors (Lipinski definition) is 6. The van der Waals surface area contributed by atoms with E-state index in [-0.39, 0.29) is 50.8 Å². The fourth-order valence-electron chi connectivity index (χ4n) is 5.49. The molecule has 1 aliphatic carbocycles. The number of esters is 1. The third kappa shape index (κ3) is 9.68. The van der Waals surface area contributed by atoms with Crippen LogP contribution in [0, 0.1) is 39.9 Å². The van der Waals surface area contributed by atoms with Gasteiger partial charge >= 0.3 is 12.1 Å². The number of nitrogens with zero attached hydrogens (tertiary/aromatic N) is 3. The number of allylic oxidation sites excluding steroid dienone is 1. The lowest BCUT2D eigenvalue weighted by Gasteiger charge is -2.15. The molecule has 0 bridgehead atoms. The quantitative estimate of drug-likeness (QED) is 0.148. The topological polar surface area (TPSA) is 97.3 Å².